The molecule has 41 heavy (non-hydrogen) atoms. The zero-order valence-electron chi connectivity index (χ0n) is 22.2. The Labute approximate surface area is 233 Å². The number of benzene rings is 2. The van der Waals surface area contributed by atoms with E-state index >= 15 is 0 Å². The monoisotopic (exact) mass is 555 g/mol. The highest BCUT2D eigenvalue weighted by Crippen LogP contribution is 2.32. The lowest BCUT2D eigenvalue weighted by Crippen LogP contribution is -2.58. The van der Waals surface area contributed by atoms with Crippen molar-refractivity contribution in [2.75, 3.05) is 25.4 Å². The molecule has 0 atom stereocenters. The predicted octanol–water partition coefficient (Wildman–Crippen LogP) is 4.27. The number of fused-ring (bicyclic) bond motifs is 3. The predicted molar refractivity (Wildman–Crippen MR) is 149 cm³/mol. The third kappa shape index (κ3) is 4.34. The minimum absolute atomic E-state index is 0.00539. The number of hydrogen-bond acceptors (Lipinski definition) is 7. The SMILES string of the molecule is Cc1cc(Oc2c(F)cccc2F)ncc1-n1ncc(C(=O)c2cc3c4c(ccc3[nH]2)CCN(C2CNC2)C4)c1N. The topological polar surface area (TPSA) is 114 Å². The van der Waals surface area contributed by atoms with Crippen LogP contribution in [0.25, 0.3) is 16.6 Å². The van der Waals surface area contributed by atoms with E-state index in [1.165, 1.54) is 40.3 Å². The van der Waals surface area contributed by atoms with Crippen molar-refractivity contribution in [1.29, 1.82) is 0 Å². The molecule has 7 rings (SSSR count). The molecule has 3 aromatic heterocycles. The van der Waals surface area contributed by atoms with Crippen molar-refractivity contribution in [3.8, 4) is 17.3 Å². The number of hydrogen-bond donors (Lipinski definition) is 3. The molecule has 1 fully saturated rings. The number of nitrogens with two attached hydrogens (primary N) is 1. The molecular weight excluding hydrogens is 528 g/mol. The van der Waals surface area contributed by atoms with Gasteiger partial charge in [-0.15, -0.1) is 0 Å². The van der Waals surface area contributed by atoms with Crippen LogP contribution in [0.5, 0.6) is 11.6 Å². The second-order valence-corrected chi connectivity index (χ2v) is 10.5. The molecule has 2 aromatic carbocycles. The standard InChI is InChI=1S/C30H27F2N7O2/c1-16-9-27(41-29-22(31)3-2-4-23(29)32)35-14-26(16)39-30(33)20(13-36-39)28(40)25-10-19-21-15-38(18-11-34-12-18)8-7-17(21)5-6-24(19)37-25/h2-6,9-10,13-14,18,34,37H,7-8,11-12,15,33H2,1H3. The molecular formula is C30H27F2N7O2. The van der Waals surface area contributed by atoms with Gasteiger partial charge < -0.3 is 20.8 Å². The van der Waals surface area contributed by atoms with Crippen molar-refractivity contribution in [2.24, 2.45) is 0 Å². The van der Waals surface area contributed by atoms with E-state index in [0.717, 1.165) is 55.6 Å². The summed E-state index contributed by atoms with van der Waals surface area (Å²) < 4.78 is 34.8. The Balaban J connectivity index is 1.16. The number of para-hydroxylation sites is 1. The van der Waals surface area contributed by atoms with Crippen LogP contribution in [0.1, 0.15) is 32.7 Å². The van der Waals surface area contributed by atoms with Crippen LogP contribution >= 0.6 is 0 Å². The van der Waals surface area contributed by atoms with Crippen LogP contribution in [0.2, 0.25) is 0 Å². The Hall–Kier alpha value is -4.61. The molecule has 1 saturated heterocycles. The summed E-state index contributed by atoms with van der Waals surface area (Å²) in [4.78, 5) is 23.6. The number of halogens is 2. The van der Waals surface area contributed by atoms with Crippen molar-refractivity contribution in [1.82, 2.24) is 30.0 Å². The lowest BCUT2D eigenvalue weighted by atomic mass is 9.94. The van der Waals surface area contributed by atoms with Crippen molar-refractivity contribution in [2.45, 2.75) is 25.9 Å². The summed E-state index contributed by atoms with van der Waals surface area (Å²) in [5, 5.41) is 8.75. The normalized spacial score (nSPS) is 15.6. The van der Waals surface area contributed by atoms with E-state index in [1.807, 2.05) is 12.1 Å². The Bertz CT molecular complexity index is 1810. The van der Waals surface area contributed by atoms with E-state index in [0.29, 0.717) is 23.0 Å². The number of anilines is 1. The van der Waals surface area contributed by atoms with E-state index in [9.17, 15) is 13.6 Å². The largest absolute Gasteiger partial charge is 0.433 e. The Morgan fingerprint density at radius 2 is 1.93 bits per heavy atom. The summed E-state index contributed by atoms with van der Waals surface area (Å²) in [6, 6.07) is 11.6. The first-order valence-electron chi connectivity index (χ1n) is 13.4. The first-order valence-corrected chi connectivity index (χ1v) is 13.4. The molecule has 5 heterocycles. The molecule has 2 aliphatic heterocycles. The van der Waals surface area contributed by atoms with Crippen LogP contribution in [0.15, 0.2) is 54.9 Å². The van der Waals surface area contributed by atoms with Crippen molar-refractivity contribution in [3.63, 3.8) is 0 Å². The van der Waals surface area contributed by atoms with Crippen LogP contribution in [0.4, 0.5) is 14.6 Å². The number of nitrogen functional groups attached to an aromatic ring is 1. The van der Waals surface area contributed by atoms with Crippen molar-refractivity contribution in [3.05, 3.63) is 94.4 Å². The zero-order valence-corrected chi connectivity index (χ0v) is 22.2. The van der Waals surface area contributed by atoms with Gasteiger partial charge in [-0.05, 0) is 54.3 Å². The van der Waals surface area contributed by atoms with Crippen molar-refractivity contribution >= 4 is 22.5 Å². The van der Waals surface area contributed by atoms with Gasteiger partial charge in [-0.2, -0.15) is 5.10 Å². The smallest absolute Gasteiger partial charge is 0.219 e. The highest BCUT2D eigenvalue weighted by Gasteiger charge is 2.29. The third-order valence-electron chi connectivity index (χ3n) is 8.03. The quantitative estimate of drug-likeness (QED) is 0.268. The summed E-state index contributed by atoms with van der Waals surface area (Å²) >= 11 is 0. The number of nitrogens with zero attached hydrogens (tertiary/aromatic N) is 4. The summed E-state index contributed by atoms with van der Waals surface area (Å²) in [5.74, 6) is -2.32. The fourth-order valence-electron chi connectivity index (χ4n) is 5.60. The number of aromatic amines is 1. The fraction of sp³-hybridized carbons (Fsp3) is 0.233. The van der Waals surface area contributed by atoms with Gasteiger partial charge in [-0.1, -0.05) is 12.1 Å². The molecule has 9 nitrogen and oxygen atoms in total. The minimum atomic E-state index is -0.835. The van der Waals surface area contributed by atoms with Crippen LogP contribution in [0, 0.1) is 18.6 Å². The van der Waals surface area contributed by atoms with E-state index < -0.39 is 17.4 Å². The van der Waals surface area contributed by atoms with Crippen LogP contribution in [-0.2, 0) is 13.0 Å². The van der Waals surface area contributed by atoms with E-state index in [1.54, 1.807) is 6.92 Å². The zero-order chi connectivity index (χ0) is 28.2. The van der Waals surface area contributed by atoms with Crippen LogP contribution < -0.4 is 15.8 Å². The summed E-state index contributed by atoms with van der Waals surface area (Å²) in [5.41, 5.74) is 11.7. The van der Waals surface area contributed by atoms with E-state index in [-0.39, 0.29) is 23.0 Å². The average Bonchev–Trinajstić information content (AvgIpc) is 3.54. The second kappa shape index (κ2) is 9.79. The molecule has 0 spiro atoms. The van der Waals surface area contributed by atoms with Crippen LogP contribution in [-0.4, -0.2) is 56.1 Å². The highest BCUT2D eigenvalue weighted by molar-refractivity contribution is 6.12. The number of carbonyl (C=O) groups excluding carboxylic acids is 1. The highest BCUT2D eigenvalue weighted by atomic mass is 19.1. The molecule has 0 aliphatic carbocycles. The number of H-pyrrole nitrogens is 1. The number of nitrogens with one attached hydrogen (secondary N) is 2. The van der Waals surface area contributed by atoms with Gasteiger partial charge in [0.2, 0.25) is 17.4 Å². The van der Waals surface area contributed by atoms with Gasteiger partial charge in [0.05, 0.1) is 29.3 Å². The van der Waals surface area contributed by atoms with Gasteiger partial charge in [-0.3, -0.25) is 9.69 Å². The van der Waals surface area contributed by atoms with Gasteiger partial charge in [0, 0.05) is 49.2 Å². The molecule has 0 bridgehead atoms. The summed E-state index contributed by atoms with van der Waals surface area (Å²) in [6.45, 7) is 5.69. The van der Waals surface area contributed by atoms with Gasteiger partial charge in [-0.25, -0.2) is 18.4 Å². The number of aromatic nitrogens is 4. The first-order chi connectivity index (χ1) is 19.9. The molecule has 0 radical (unpaired) electrons. The van der Waals surface area contributed by atoms with Gasteiger partial charge >= 0.3 is 0 Å². The number of pyridine rings is 1. The third-order valence-corrected chi connectivity index (χ3v) is 8.03. The van der Waals surface area contributed by atoms with E-state index in [4.69, 9.17) is 10.5 Å². The molecule has 0 amide bonds. The number of rotatable bonds is 6. The molecule has 208 valence electrons. The lowest BCUT2D eigenvalue weighted by Gasteiger charge is -2.41. The maximum atomic E-state index is 14.0. The average molecular weight is 556 g/mol. The number of ketones is 1. The second-order valence-electron chi connectivity index (χ2n) is 10.5. The molecule has 5 aromatic rings. The maximum Gasteiger partial charge on any atom is 0.219 e. The minimum Gasteiger partial charge on any atom is -0.433 e. The number of carbonyl (C=O) groups is 1. The number of ether oxygens (including phenoxy) is 1. The fourth-order valence-corrected chi connectivity index (χ4v) is 5.60. The van der Waals surface area contributed by atoms with Gasteiger partial charge in [0.25, 0.3) is 0 Å². The van der Waals surface area contributed by atoms with Gasteiger partial charge in [0.1, 0.15) is 5.82 Å². The molecule has 2 aliphatic rings. The molecule has 11 heteroatoms. The van der Waals surface area contributed by atoms with Crippen LogP contribution in [0.3, 0.4) is 0 Å². The Morgan fingerprint density at radius 3 is 2.66 bits per heavy atom. The summed E-state index contributed by atoms with van der Waals surface area (Å²) in [6.07, 6.45) is 3.85. The lowest BCUT2D eigenvalue weighted by molar-refractivity contribution is 0.103. The van der Waals surface area contributed by atoms with Crippen molar-refractivity contribution < 1.29 is 18.3 Å². The Morgan fingerprint density at radius 1 is 1.12 bits per heavy atom. The first kappa shape index (κ1) is 25.4. The van der Waals surface area contributed by atoms with E-state index in [2.05, 4.69) is 31.3 Å². The number of aryl methyl sites for hydroxylation is 1. The molecule has 0 unspecified atom stereocenters. The molecule has 0 saturated carbocycles. The van der Waals surface area contributed by atoms with Gasteiger partial charge in [0.15, 0.2) is 11.6 Å². The maximum absolute atomic E-state index is 14.0. The Kier molecular flexibility index (Phi) is 6.06. The molecule has 4 N–H and O–H groups in total. The summed E-state index contributed by atoms with van der Waals surface area (Å²) in [7, 11) is 0.